The van der Waals surface area contributed by atoms with E-state index in [0.717, 1.165) is 11.4 Å². The molecule has 1 aromatic heterocycles. The van der Waals surface area contributed by atoms with E-state index in [0.29, 0.717) is 12.4 Å². The van der Waals surface area contributed by atoms with E-state index in [1.54, 1.807) is 11.6 Å². The maximum Gasteiger partial charge on any atom is 0.350 e. The average Bonchev–Trinajstić information content (AvgIpc) is 2.64. The third kappa shape index (κ3) is 1.77. The van der Waals surface area contributed by atoms with E-state index in [4.69, 9.17) is 4.74 Å². The quantitative estimate of drug-likeness (QED) is 0.724. The molecule has 0 aliphatic carbocycles. The van der Waals surface area contributed by atoms with E-state index < -0.39 is 0 Å². The number of aryl methyl sites for hydroxylation is 1. The summed E-state index contributed by atoms with van der Waals surface area (Å²) in [7, 11) is 1.65. The van der Waals surface area contributed by atoms with Gasteiger partial charge in [-0.25, -0.2) is 14.0 Å². The zero-order valence-corrected chi connectivity index (χ0v) is 11.6. The second-order valence-corrected chi connectivity index (χ2v) is 5.88. The second-order valence-electron chi connectivity index (χ2n) is 5.88. The molecule has 0 radical (unpaired) electrons. The first-order valence-corrected chi connectivity index (χ1v) is 6.30. The van der Waals surface area contributed by atoms with Crippen LogP contribution in [0.1, 0.15) is 32.2 Å². The van der Waals surface area contributed by atoms with Crippen LogP contribution in [0, 0.1) is 0 Å². The summed E-state index contributed by atoms with van der Waals surface area (Å²) in [4.78, 5) is 12.1. The Kier molecular flexibility index (Phi) is 2.36. The fourth-order valence-electron chi connectivity index (χ4n) is 2.27. The summed E-state index contributed by atoms with van der Waals surface area (Å²) in [6, 6.07) is 5.99. The molecule has 1 aromatic carbocycles. The largest absolute Gasteiger partial charge is 0.483 e. The second kappa shape index (κ2) is 3.73. The highest BCUT2D eigenvalue weighted by Gasteiger charge is 2.24. The standard InChI is InChI=1S/C14H17N3O2/c1-14(2,3)9-5-6-11-10(7-9)17-12(8-19-11)15-16(4)13(17)18/h5-7H,8H2,1-4H3. The van der Waals surface area contributed by atoms with E-state index in [1.807, 2.05) is 18.2 Å². The van der Waals surface area contributed by atoms with Gasteiger partial charge >= 0.3 is 5.69 Å². The fourth-order valence-corrected chi connectivity index (χ4v) is 2.27. The SMILES string of the molecule is Cn1nc2n(c1=O)-c1cc(C(C)(C)C)ccc1OC2. The maximum atomic E-state index is 12.1. The monoisotopic (exact) mass is 259 g/mol. The van der Waals surface area contributed by atoms with Gasteiger partial charge in [0.15, 0.2) is 5.82 Å². The van der Waals surface area contributed by atoms with Crippen LogP contribution in [0.15, 0.2) is 23.0 Å². The van der Waals surface area contributed by atoms with E-state index in [1.165, 1.54) is 10.2 Å². The minimum Gasteiger partial charge on any atom is -0.483 e. The molecule has 3 rings (SSSR count). The van der Waals surface area contributed by atoms with Crippen LogP contribution in [0.3, 0.4) is 0 Å². The molecule has 19 heavy (non-hydrogen) atoms. The summed E-state index contributed by atoms with van der Waals surface area (Å²) < 4.78 is 8.63. The van der Waals surface area contributed by atoms with Gasteiger partial charge in [-0.1, -0.05) is 26.8 Å². The fraction of sp³-hybridized carbons (Fsp3) is 0.429. The van der Waals surface area contributed by atoms with Gasteiger partial charge in [0.2, 0.25) is 0 Å². The topological polar surface area (TPSA) is 49.0 Å². The van der Waals surface area contributed by atoms with Gasteiger partial charge in [-0.3, -0.25) is 0 Å². The molecule has 0 saturated heterocycles. The third-order valence-corrected chi connectivity index (χ3v) is 3.41. The molecule has 5 nitrogen and oxygen atoms in total. The number of rotatable bonds is 0. The number of hydrogen-bond donors (Lipinski definition) is 0. The van der Waals surface area contributed by atoms with Gasteiger partial charge in [-0.2, -0.15) is 5.10 Å². The molecule has 0 atom stereocenters. The molecule has 0 bridgehead atoms. The average molecular weight is 259 g/mol. The molecule has 1 aliphatic rings. The highest BCUT2D eigenvalue weighted by molar-refractivity contribution is 5.52. The Morgan fingerprint density at radius 3 is 2.74 bits per heavy atom. The van der Waals surface area contributed by atoms with Crippen LogP contribution in [-0.2, 0) is 19.1 Å². The molecule has 0 spiro atoms. The molecule has 2 aromatic rings. The van der Waals surface area contributed by atoms with Crippen molar-refractivity contribution in [1.29, 1.82) is 0 Å². The first-order valence-electron chi connectivity index (χ1n) is 6.30. The van der Waals surface area contributed by atoms with Crippen molar-refractivity contribution in [1.82, 2.24) is 14.3 Å². The lowest BCUT2D eigenvalue weighted by atomic mass is 9.86. The van der Waals surface area contributed by atoms with Crippen molar-refractivity contribution in [2.75, 3.05) is 0 Å². The number of benzene rings is 1. The summed E-state index contributed by atoms with van der Waals surface area (Å²) in [6.07, 6.45) is 0. The van der Waals surface area contributed by atoms with Crippen LogP contribution in [0.25, 0.3) is 5.69 Å². The Morgan fingerprint density at radius 1 is 1.32 bits per heavy atom. The Hall–Kier alpha value is -2.04. The van der Waals surface area contributed by atoms with Gasteiger partial charge in [0.05, 0.1) is 5.69 Å². The highest BCUT2D eigenvalue weighted by Crippen LogP contribution is 2.32. The lowest BCUT2D eigenvalue weighted by molar-refractivity contribution is 0.278. The molecule has 0 unspecified atom stereocenters. The summed E-state index contributed by atoms with van der Waals surface area (Å²) in [6.45, 7) is 6.76. The number of aromatic nitrogens is 3. The summed E-state index contributed by atoms with van der Waals surface area (Å²) in [5, 5.41) is 4.18. The summed E-state index contributed by atoms with van der Waals surface area (Å²) >= 11 is 0. The molecule has 2 heterocycles. The zero-order valence-electron chi connectivity index (χ0n) is 11.6. The molecule has 5 heteroatoms. The predicted octanol–water partition coefficient (Wildman–Crippen LogP) is 1.76. The van der Waals surface area contributed by atoms with Gasteiger partial charge in [0.1, 0.15) is 12.4 Å². The highest BCUT2D eigenvalue weighted by atomic mass is 16.5. The zero-order chi connectivity index (χ0) is 13.8. The van der Waals surface area contributed by atoms with Gasteiger partial charge in [0.25, 0.3) is 0 Å². The molecular weight excluding hydrogens is 242 g/mol. The van der Waals surface area contributed by atoms with Crippen LogP contribution in [0.5, 0.6) is 5.75 Å². The van der Waals surface area contributed by atoms with Crippen molar-refractivity contribution < 1.29 is 4.74 Å². The van der Waals surface area contributed by atoms with E-state index in [-0.39, 0.29) is 11.1 Å². The molecule has 0 amide bonds. The molecule has 0 saturated carbocycles. The van der Waals surface area contributed by atoms with Crippen molar-refractivity contribution in [2.24, 2.45) is 7.05 Å². The lowest BCUT2D eigenvalue weighted by Gasteiger charge is -2.23. The molecule has 0 N–H and O–H groups in total. The van der Waals surface area contributed by atoms with Gasteiger partial charge in [0, 0.05) is 7.05 Å². The Balaban J connectivity index is 2.27. The molecule has 1 aliphatic heterocycles. The van der Waals surface area contributed by atoms with Crippen molar-refractivity contribution >= 4 is 0 Å². The normalized spacial score (nSPS) is 13.7. The van der Waals surface area contributed by atoms with E-state index >= 15 is 0 Å². The van der Waals surface area contributed by atoms with E-state index in [9.17, 15) is 4.79 Å². The maximum absolute atomic E-state index is 12.1. The Morgan fingerprint density at radius 2 is 2.05 bits per heavy atom. The van der Waals surface area contributed by atoms with E-state index in [2.05, 4.69) is 25.9 Å². The van der Waals surface area contributed by atoms with Crippen LogP contribution < -0.4 is 10.4 Å². The number of ether oxygens (including phenoxy) is 1. The van der Waals surface area contributed by atoms with Crippen molar-refractivity contribution in [3.05, 3.63) is 40.1 Å². The van der Waals surface area contributed by atoms with Crippen LogP contribution >= 0.6 is 0 Å². The van der Waals surface area contributed by atoms with Crippen LogP contribution in [0.2, 0.25) is 0 Å². The van der Waals surface area contributed by atoms with Crippen LogP contribution in [-0.4, -0.2) is 14.3 Å². The van der Waals surface area contributed by atoms with Crippen molar-refractivity contribution in [2.45, 2.75) is 32.8 Å². The number of hydrogen-bond acceptors (Lipinski definition) is 3. The summed E-state index contributed by atoms with van der Waals surface area (Å²) in [5.74, 6) is 1.38. The Labute approximate surface area is 111 Å². The Bertz CT molecular complexity index is 704. The predicted molar refractivity (Wildman–Crippen MR) is 71.8 cm³/mol. The van der Waals surface area contributed by atoms with Gasteiger partial charge < -0.3 is 4.74 Å². The molecular formula is C14H17N3O2. The van der Waals surface area contributed by atoms with Crippen molar-refractivity contribution in [3.63, 3.8) is 0 Å². The van der Waals surface area contributed by atoms with Gasteiger partial charge in [-0.05, 0) is 23.1 Å². The number of nitrogens with zero attached hydrogens (tertiary/aromatic N) is 3. The minimum atomic E-state index is -0.134. The third-order valence-electron chi connectivity index (χ3n) is 3.41. The van der Waals surface area contributed by atoms with Gasteiger partial charge in [-0.15, -0.1) is 0 Å². The minimum absolute atomic E-state index is 0.0262. The first-order chi connectivity index (χ1) is 8.88. The summed E-state index contributed by atoms with van der Waals surface area (Å²) in [5.41, 5.74) is 1.84. The molecule has 0 fully saturated rings. The van der Waals surface area contributed by atoms with Crippen molar-refractivity contribution in [3.8, 4) is 11.4 Å². The number of fused-ring (bicyclic) bond motifs is 3. The molecule has 100 valence electrons. The first kappa shape index (κ1) is 12.0. The smallest absolute Gasteiger partial charge is 0.350 e. The lowest BCUT2D eigenvalue weighted by Crippen LogP contribution is -2.25. The van der Waals surface area contributed by atoms with Crippen LogP contribution in [0.4, 0.5) is 0 Å².